The first-order chi connectivity index (χ1) is 32.1. The van der Waals surface area contributed by atoms with Gasteiger partial charge in [0.2, 0.25) is 0 Å². The van der Waals surface area contributed by atoms with E-state index in [1.165, 1.54) is 22.3 Å². The number of phenols is 1. The fraction of sp³-hybridized carbons (Fsp3) is 0.250. The monoisotopic (exact) mass is 892 g/mol. The Kier molecular flexibility index (Phi) is 11.7. The van der Waals surface area contributed by atoms with Crippen LogP contribution >= 0.6 is 0 Å². The van der Waals surface area contributed by atoms with Crippen molar-refractivity contribution in [2.24, 2.45) is 0 Å². The number of phenolic OH excluding ortho intramolecular Hbond substituents is 1. The number of rotatable bonds is 7. The van der Waals surface area contributed by atoms with Gasteiger partial charge in [-0.15, -0.1) is 0 Å². The Morgan fingerprint density at radius 1 is 0.382 bits per heavy atom. The summed E-state index contributed by atoms with van der Waals surface area (Å²) in [4.78, 5) is 10.7. The van der Waals surface area contributed by atoms with Crippen LogP contribution in [-0.2, 0) is 21.7 Å². The third kappa shape index (κ3) is 9.17. The molecule has 0 saturated carbocycles. The lowest BCUT2D eigenvalue weighted by Gasteiger charge is -2.26. The quantitative estimate of drug-likeness (QED) is 0.173. The summed E-state index contributed by atoms with van der Waals surface area (Å²) in [6.07, 6.45) is 1.95. The number of aromatic hydroxyl groups is 1. The number of fused-ring (bicyclic) bond motifs is 1. The van der Waals surface area contributed by atoms with E-state index in [1.807, 2.05) is 18.3 Å². The second-order valence-corrected chi connectivity index (χ2v) is 22.7. The van der Waals surface area contributed by atoms with Crippen LogP contribution in [0.3, 0.4) is 0 Å². The predicted molar refractivity (Wildman–Crippen MR) is 288 cm³/mol. The molecule has 0 saturated heterocycles. The molecule has 9 rings (SSSR count). The number of aromatic nitrogens is 3. The highest BCUT2D eigenvalue weighted by atomic mass is 16.3. The van der Waals surface area contributed by atoms with Crippen molar-refractivity contribution in [3.8, 4) is 78.6 Å². The molecule has 2 aromatic heterocycles. The lowest BCUT2D eigenvalue weighted by atomic mass is 9.79. The lowest BCUT2D eigenvalue weighted by molar-refractivity contribution is 0.475. The summed E-state index contributed by atoms with van der Waals surface area (Å²) in [5.74, 6) is 0.864. The van der Waals surface area contributed by atoms with Crippen LogP contribution in [0.2, 0.25) is 0 Å². The number of pyridine rings is 1. The van der Waals surface area contributed by atoms with Crippen molar-refractivity contribution in [1.82, 2.24) is 14.5 Å². The number of hydrogen-bond donors (Lipinski definition) is 1. The maximum absolute atomic E-state index is 11.9. The summed E-state index contributed by atoms with van der Waals surface area (Å²) in [6.45, 7) is 27.1. The zero-order chi connectivity index (χ0) is 48.3. The molecule has 0 atom stereocenters. The van der Waals surface area contributed by atoms with Crippen molar-refractivity contribution in [2.45, 2.75) is 105 Å². The van der Waals surface area contributed by atoms with Crippen LogP contribution in [0.1, 0.15) is 105 Å². The minimum atomic E-state index is -0.155. The molecule has 68 heavy (non-hydrogen) atoms. The molecule has 0 bridgehead atoms. The Bertz CT molecular complexity index is 3280. The Hall–Kier alpha value is -7.04. The largest absolute Gasteiger partial charge is 0.507 e. The van der Waals surface area contributed by atoms with Gasteiger partial charge < -0.3 is 5.11 Å². The number of para-hydroxylation sites is 1. The molecule has 4 heteroatoms. The predicted octanol–water partition coefficient (Wildman–Crippen LogP) is 17.3. The summed E-state index contributed by atoms with van der Waals surface area (Å²) in [5, 5.41) is 11.9. The van der Waals surface area contributed by atoms with Crippen LogP contribution in [0, 0.1) is 0 Å². The molecule has 0 unspecified atom stereocenters. The molecule has 0 amide bonds. The van der Waals surface area contributed by atoms with Gasteiger partial charge in [-0.25, -0.2) is 4.98 Å². The minimum absolute atomic E-state index is 0.00815. The number of nitrogens with zero attached hydrogens (tertiary/aromatic N) is 3. The summed E-state index contributed by atoms with van der Waals surface area (Å²) in [7, 11) is 0. The molecule has 1 N–H and O–H groups in total. The number of benzene rings is 7. The van der Waals surface area contributed by atoms with Gasteiger partial charge in [0.1, 0.15) is 11.6 Å². The van der Waals surface area contributed by atoms with Gasteiger partial charge in [-0.1, -0.05) is 186 Å². The van der Waals surface area contributed by atoms with E-state index in [-0.39, 0.29) is 27.4 Å². The van der Waals surface area contributed by atoms with Crippen molar-refractivity contribution >= 4 is 11.0 Å². The van der Waals surface area contributed by atoms with Crippen molar-refractivity contribution in [1.29, 1.82) is 0 Å². The minimum Gasteiger partial charge on any atom is -0.507 e. The summed E-state index contributed by atoms with van der Waals surface area (Å²) < 4.78 is 2.26. The Morgan fingerprint density at radius 3 is 1.54 bits per heavy atom. The van der Waals surface area contributed by atoms with Crippen LogP contribution < -0.4 is 0 Å². The molecule has 0 aliphatic rings. The molecule has 342 valence electrons. The molecule has 0 spiro atoms. The van der Waals surface area contributed by atoms with E-state index in [4.69, 9.17) is 9.97 Å². The Labute approximate surface area is 404 Å². The second kappa shape index (κ2) is 17.2. The highest BCUT2D eigenvalue weighted by Crippen LogP contribution is 2.44. The maximum atomic E-state index is 11.9. The van der Waals surface area contributed by atoms with E-state index in [0.717, 1.165) is 72.5 Å². The number of imidazole rings is 1. The van der Waals surface area contributed by atoms with Crippen LogP contribution in [0.15, 0.2) is 170 Å². The first kappa shape index (κ1) is 46.1. The molecule has 2 heterocycles. The zero-order valence-corrected chi connectivity index (χ0v) is 42.0. The van der Waals surface area contributed by atoms with Crippen LogP contribution in [0.5, 0.6) is 5.75 Å². The SMILES string of the molecule is CC(C)(C)c1cc(-c2ccnc(-c3cc(-c4ccccc4)cc(-c4cccc5c4nc(-c4cc(C(C)(C)C)ccc4O)n5-c4ccc(C(C)(C)C)cc4-c4ccccc4)c3)c2)cc(C(C)(C)C)c1. The van der Waals surface area contributed by atoms with Gasteiger partial charge in [-0.05, 0) is 138 Å². The highest BCUT2D eigenvalue weighted by Gasteiger charge is 2.26. The van der Waals surface area contributed by atoms with Crippen LogP contribution in [0.25, 0.3) is 83.9 Å². The molecular weight excluding hydrogens is 827 g/mol. The zero-order valence-electron chi connectivity index (χ0n) is 42.0. The Morgan fingerprint density at radius 2 is 0.926 bits per heavy atom. The first-order valence-corrected chi connectivity index (χ1v) is 24.0. The smallest absolute Gasteiger partial charge is 0.149 e. The molecule has 0 aliphatic carbocycles. The van der Waals surface area contributed by atoms with E-state index in [2.05, 4.69) is 239 Å². The Balaban J connectivity index is 1.31. The molecule has 0 aliphatic heterocycles. The molecule has 7 aromatic carbocycles. The highest BCUT2D eigenvalue weighted by molar-refractivity contribution is 5.98. The average molecular weight is 892 g/mol. The van der Waals surface area contributed by atoms with E-state index >= 15 is 0 Å². The fourth-order valence-corrected chi connectivity index (χ4v) is 9.14. The molecular formula is C64H65N3O. The molecule has 0 radical (unpaired) electrons. The van der Waals surface area contributed by atoms with Crippen molar-refractivity contribution in [2.75, 3.05) is 0 Å². The number of hydrogen-bond acceptors (Lipinski definition) is 3. The van der Waals surface area contributed by atoms with Crippen molar-refractivity contribution in [3.05, 3.63) is 192 Å². The first-order valence-electron chi connectivity index (χ1n) is 24.0. The van der Waals surface area contributed by atoms with Gasteiger partial charge in [0.15, 0.2) is 0 Å². The van der Waals surface area contributed by atoms with Gasteiger partial charge in [-0.3, -0.25) is 9.55 Å². The second-order valence-electron chi connectivity index (χ2n) is 22.7. The van der Waals surface area contributed by atoms with Gasteiger partial charge >= 0.3 is 0 Å². The summed E-state index contributed by atoms with van der Waals surface area (Å²) >= 11 is 0. The summed E-state index contributed by atoms with van der Waals surface area (Å²) in [5.41, 5.74) is 18.9. The van der Waals surface area contributed by atoms with Gasteiger partial charge in [0.25, 0.3) is 0 Å². The standard InChI is InChI=1S/C64H65N3O/c1-61(2,3)48-26-28-56(53(39-48)42-22-17-14-18-23-42)67-57-25-19-24-52(59(57)66-60(67)54-40-49(62(4,5)6)27-29-58(54)68)46-32-44(41-20-15-13-16-21-41)33-47(34-46)55-37-43(30-31-65-55)45-35-50(63(7,8)9)38-51(36-45)64(10,11)12/h13-40,68H,1-12H3. The van der Waals surface area contributed by atoms with Crippen molar-refractivity contribution in [3.63, 3.8) is 0 Å². The van der Waals surface area contributed by atoms with Gasteiger partial charge in [0.05, 0.1) is 28.0 Å². The maximum Gasteiger partial charge on any atom is 0.149 e. The third-order valence-electron chi connectivity index (χ3n) is 13.4. The molecule has 0 fully saturated rings. The van der Waals surface area contributed by atoms with Crippen LogP contribution in [-0.4, -0.2) is 19.6 Å². The van der Waals surface area contributed by atoms with E-state index in [9.17, 15) is 5.11 Å². The van der Waals surface area contributed by atoms with Crippen LogP contribution in [0.4, 0.5) is 0 Å². The van der Waals surface area contributed by atoms with E-state index in [1.54, 1.807) is 0 Å². The lowest BCUT2D eigenvalue weighted by Crippen LogP contribution is -2.16. The average Bonchev–Trinajstić information content (AvgIpc) is 3.70. The fourth-order valence-electron chi connectivity index (χ4n) is 9.14. The topological polar surface area (TPSA) is 50.9 Å². The molecule has 9 aromatic rings. The van der Waals surface area contributed by atoms with Gasteiger partial charge in [-0.2, -0.15) is 0 Å². The van der Waals surface area contributed by atoms with E-state index < -0.39 is 0 Å². The third-order valence-corrected chi connectivity index (χ3v) is 13.4. The summed E-state index contributed by atoms with van der Waals surface area (Å²) in [6, 6.07) is 58.7. The van der Waals surface area contributed by atoms with Crippen molar-refractivity contribution < 1.29 is 5.11 Å². The van der Waals surface area contributed by atoms with E-state index in [0.29, 0.717) is 11.4 Å². The molecule has 4 nitrogen and oxygen atoms in total. The van der Waals surface area contributed by atoms with Gasteiger partial charge in [0, 0.05) is 22.9 Å². The normalized spacial score (nSPS) is 12.5.